The van der Waals surface area contributed by atoms with Crippen LogP contribution in [0.25, 0.3) is 0 Å². The highest BCUT2D eigenvalue weighted by atomic mass is 16.6. The molecule has 0 N–H and O–H groups in total. The van der Waals surface area contributed by atoms with E-state index in [1.807, 2.05) is 20.8 Å². The molecule has 0 aliphatic carbocycles. The third-order valence-corrected chi connectivity index (χ3v) is 7.44. The fourth-order valence-corrected chi connectivity index (χ4v) is 4.60. The van der Waals surface area contributed by atoms with Crippen molar-refractivity contribution in [2.45, 2.75) is 175 Å². The smallest absolute Gasteiger partial charge is 0.351 e. The van der Waals surface area contributed by atoms with E-state index in [9.17, 15) is 19.2 Å². The van der Waals surface area contributed by atoms with Gasteiger partial charge in [0.15, 0.2) is 0 Å². The highest BCUT2D eigenvalue weighted by Gasteiger charge is 2.49. The summed E-state index contributed by atoms with van der Waals surface area (Å²) in [4.78, 5) is 51.7. The first-order valence-electron chi connectivity index (χ1n) is 17.7. The van der Waals surface area contributed by atoms with Gasteiger partial charge in [-0.15, -0.1) is 0 Å². The fraction of sp³-hybridized carbons (Fsp3) is 0.833. The Hall–Kier alpha value is -2.38. The second-order valence-electron chi connectivity index (χ2n) is 11.8. The zero-order valence-corrected chi connectivity index (χ0v) is 28.6. The maximum Gasteiger partial charge on any atom is 0.351 e. The van der Waals surface area contributed by atoms with E-state index in [0.717, 1.165) is 57.8 Å². The van der Waals surface area contributed by atoms with Crippen molar-refractivity contribution >= 4 is 23.9 Å². The van der Waals surface area contributed by atoms with Crippen LogP contribution in [-0.4, -0.2) is 49.3 Å². The Labute approximate surface area is 268 Å². The van der Waals surface area contributed by atoms with Gasteiger partial charge in [0.25, 0.3) is 0 Å². The van der Waals surface area contributed by atoms with Crippen molar-refractivity contribution in [3.63, 3.8) is 0 Å². The maximum atomic E-state index is 13.3. The third-order valence-electron chi connectivity index (χ3n) is 7.44. The van der Waals surface area contributed by atoms with Crippen molar-refractivity contribution in [3.05, 3.63) is 12.2 Å². The minimum atomic E-state index is -2.11. The number of allylic oxidation sites excluding steroid dienone is 2. The summed E-state index contributed by atoms with van der Waals surface area (Å²) in [6.07, 6.45) is 22.6. The van der Waals surface area contributed by atoms with Crippen LogP contribution in [0.4, 0.5) is 0 Å². The van der Waals surface area contributed by atoms with Crippen molar-refractivity contribution in [1.29, 1.82) is 0 Å². The zero-order chi connectivity index (χ0) is 32.7. The number of ether oxygens (including phenoxy) is 4. The number of hydrogen-bond donors (Lipinski definition) is 0. The van der Waals surface area contributed by atoms with Gasteiger partial charge in [-0.3, -0.25) is 14.4 Å². The van der Waals surface area contributed by atoms with Gasteiger partial charge in [-0.1, -0.05) is 110 Å². The molecule has 0 aliphatic rings. The number of esters is 4. The van der Waals surface area contributed by atoms with Crippen LogP contribution in [0.1, 0.15) is 169 Å². The van der Waals surface area contributed by atoms with E-state index in [-0.39, 0.29) is 26.2 Å². The Kier molecular flexibility index (Phi) is 27.8. The summed E-state index contributed by atoms with van der Waals surface area (Å²) in [5.41, 5.74) is -2.11. The van der Waals surface area contributed by atoms with Gasteiger partial charge in [-0.05, 0) is 51.4 Å². The van der Waals surface area contributed by atoms with Crippen LogP contribution < -0.4 is 0 Å². The molecule has 0 unspecified atom stereocenters. The summed E-state index contributed by atoms with van der Waals surface area (Å²) in [7, 11) is 0. The normalized spacial score (nSPS) is 11.5. The molecule has 0 atom stereocenters. The Morgan fingerprint density at radius 1 is 0.477 bits per heavy atom. The largest absolute Gasteiger partial charge is 0.466 e. The van der Waals surface area contributed by atoms with Crippen LogP contribution >= 0.6 is 0 Å². The lowest BCUT2D eigenvalue weighted by molar-refractivity contribution is -0.191. The van der Waals surface area contributed by atoms with E-state index in [1.54, 1.807) is 0 Å². The van der Waals surface area contributed by atoms with Gasteiger partial charge in [0.05, 0.1) is 32.7 Å². The SMILES string of the molecule is CCCCCCCC/C=C\CCCCCCCC(=O)OC(CC(=O)OCCCC)(CC(=O)OCCCC)C(=O)OCCCC. The Morgan fingerprint density at radius 3 is 1.36 bits per heavy atom. The molecule has 0 aliphatic heterocycles. The molecular formula is C36H64O8. The summed E-state index contributed by atoms with van der Waals surface area (Å²) in [6, 6.07) is 0. The lowest BCUT2D eigenvalue weighted by Gasteiger charge is -2.30. The molecule has 8 heteroatoms. The molecule has 0 aromatic carbocycles. The average molecular weight is 625 g/mol. The Balaban J connectivity index is 4.93. The molecule has 0 aromatic rings. The summed E-state index contributed by atoms with van der Waals surface area (Å²) in [6.45, 7) is 8.58. The molecule has 44 heavy (non-hydrogen) atoms. The molecule has 0 aromatic heterocycles. The highest BCUT2D eigenvalue weighted by Crippen LogP contribution is 2.27. The Morgan fingerprint density at radius 2 is 0.886 bits per heavy atom. The van der Waals surface area contributed by atoms with E-state index in [2.05, 4.69) is 19.1 Å². The molecule has 8 nitrogen and oxygen atoms in total. The second kappa shape index (κ2) is 29.3. The van der Waals surface area contributed by atoms with E-state index in [1.165, 1.54) is 38.5 Å². The van der Waals surface area contributed by atoms with Crippen molar-refractivity contribution in [1.82, 2.24) is 0 Å². The lowest BCUT2D eigenvalue weighted by Crippen LogP contribution is -2.48. The minimum Gasteiger partial charge on any atom is -0.466 e. The van der Waals surface area contributed by atoms with Gasteiger partial charge >= 0.3 is 23.9 Å². The quantitative estimate of drug-likeness (QED) is 0.0337. The zero-order valence-electron chi connectivity index (χ0n) is 28.6. The summed E-state index contributed by atoms with van der Waals surface area (Å²) < 4.78 is 21.6. The number of unbranched alkanes of at least 4 members (excludes halogenated alkanes) is 14. The summed E-state index contributed by atoms with van der Waals surface area (Å²) >= 11 is 0. The predicted octanol–water partition coefficient (Wildman–Crippen LogP) is 9.12. The molecule has 0 saturated carbocycles. The lowest BCUT2D eigenvalue weighted by atomic mass is 9.94. The monoisotopic (exact) mass is 624 g/mol. The number of carbonyl (C=O) groups is 4. The van der Waals surface area contributed by atoms with E-state index >= 15 is 0 Å². The van der Waals surface area contributed by atoms with Crippen LogP contribution in [0, 0.1) is 0 Å². The van der Waals surface area contributed by atoms with Gasteiger partial charge in [-0.2, -0.15) is 0 Å². The van der Waals surface area contributed by atoms with Crippen LogP contribution in [0.15, 0.2) is 12.2 Å². The number of hydrogen-bond acceptors (Lipinski definition) is 8. The molecule has 0 heterocycles. The van der Waals surface area contributed by atoms with Gasteiger partial charge in [-0.25, -0.2) is 4.79 Å². The summed E-state index contributed by atoms with van der Waals surface area (Å²) in [5, 5.41) is 0. The average Bonchev–Trinajstić information content (AvgIpc) is 2.99. The van der Waals surface area contributed by atoms with Crippen molar-refractivity contribution < 1.29 is 38.1 Å². The molecule has 0 radical (unpaired) electrons. The van der Waals surface area contributed by atoms with Gasteiger partial charge in [0.1, 0.15) is 0 Å². The topological polar surface area (TPSA) is 105 Å². The number of rotatable bonds is 30. The van der Waals surface area contributed by atoms with Gasteiger partial charge in [0, 0.05) is 6.42 Å². The molecule has 0 saturated heterocycles. The van der Waals surface area contributed by atoms with Crippen LogP contribution in [0.5, 0.6) is 0 Å². The van der Waals surface area contributed by atoms with Gasteiger partial charge < -0.3 is 18.9 Å². The minimum absolute atomic E-state index is 0.0813. The molecular weight excluding hydrogens is 560 g/mol. The van der Waals surface area contributed by atoms with Crippen molar-refractivity contribution in [3.8, 4) is 0 Å². The molecule has 256 valence electrons. The van der Waals surface area contributed by atoms with E-state index in [0.29, 0.717) is 25.7 Å². The first-order chi connectivity index (χ1) is 21.3. The second-order valence-corrected chi connectivity index (χ2v) is 11.8. The van der Waals surface area contributed by atoms with E-state index < -0.39 is 42.3 Å². The van der Waals surface area contributed by atoms with Crippen LogP contribution in [-0.2, 0) is 38.1 Å². The number of carbonyl (C=O) groups excluding carboxylic acids is 4. The highest BCUT2D eigenvalue weighted by molar-refractivity contribution is 5.92. The summed E-state index contributed by atoms with van der Waals surface area (Å²) in [5.74, 6) is -3.00. The standard InChI is InChI=1S/C36H64O8/c1-5-9-13-14-15-16-17-18-19-20-21-22-23-24-25-26-32(37)44-36(35(40)43-29-12-8-4,30-33(38)41-27-10-6-2)31-34(39)42-28-11-7-3/h18-19H,5-17,20-31H2,1-4H3/b19-18-. The Bertz CT molecular complexity index is 752. The van der Waals surface area contributed by atoms with Crippen molar-refractivity contribution in [2.75, 3.05) is 19.8 Å². The van der Waals surface area contributed by atoms with Gasteiger partial charge in [0.2, 0.25) is 5.60 Å². The van der Waals surface area contributed by atoms with E-state index in [4.69, 9.17) is 18.9 Å². The first kappa shape index (κ1) is 41.6. The van der Waals surface area contributed by atoms with Crippen LogP contribution in [0.2, 0.25) is 0 Å². The molecule has 0 fully saturated rings. The third kappa shape index (κ3) is 23.1. The molecule has 0 bridgehead atoms. The predicted molar refractivity (Wildman–Crippen MR) is 175 cm³/mol. The molecule has 0 rings (SSSR count). The maximum absolute atomic E-state index is 13.3. The molecule has 0 spiro atoms. The van der Waals surface area contributed by atoms with Crippen molar-refractivity contribution in [2.24, 2.45) is 0 Å². The first-order valence-corrected chi connectivity index (χ1v) is 17.7. The molecule has 0 amide bonds. The van der Waals surface area contributed by atoms with Crippen LogP contribution in [0.3, 0.4) is 0 Å². The fourth-order valence-electron chi connectivity index (χ4n) is 4.60.